The van der Waals surface area contributed by atoms with E-state index >= 15 is 0 Å². The van der Waals surface area contributed by atoms with Crippen LogP contribution < -0.4 is 5.32 Å². The Balaban J connectivity index is 1.80. The minimum absolute atomic E-state index is 0.304. The number of aromatic amines is 1. The van der Waals surface area contributed by atoms with Gasteiger partial charge >= 0.3 is 0 Å². The van der Waals surface area contributed by atoms with Crippen LogP contribution in [0.25, 0.3) is 21.1 Å². The highest BCUT2D eigenvalue weighted by molar-refractivity contribution is 7.19. The van der Waals surface area contributed by atoms with Crippen molar-refractivity contribution in [3.8, 4) is 0 Å². The average molecular weight is 326 g/mol. The van der Waals surface area contributed by atoms with Crippen LogP contribution in [0, 0.1) is 12.7 Å². The molecule has 0 saturated heterocycles. The minimum Gasteiger partial charge on any atom is -0.321 e. The lowest BCUT2D eigenvalue weighted by Gasteiger charge is -2.03. The molecule has 2 heterocycles. The highest BCUT2D eigenvalue weighted by atomic mass is 32.1. The number of nitrogens with zero attached hydrogens (tertiary/aromatic N) is 2. The summed E-state index contributed by atoms with van der Waals surface area (Å²) >= 11 is 1.53. The van der Waals surface area contributed by atoms with Crippen molar-refractivity contribution < 1.29 is 9.18 Å². The summed E-state index contributed by atoms with van der Waals surface area (Å²) in [6, 6.07) is 9.37. The quantitative estimate of drug-likeness (QED) is 0.587. The molecule has 0 aliphatic carbocycles. The molecule has 4 aromatic rings. The Labute approximate surface area is 134 Å². The number of carbonyl (C=O) groups is 1. The van der Waals surface area contributed by atoms with Gasteiger partial charge in [-0.2, -0.15) is 5.10 Å². The van der Waals surface area contributed by atoms with E-state index in [9.17, 15) is 9.18 Å². The van der Waals surface area contributed by atoms with E-state index in [1.54, 1.807) is 0 Å². The van der Waals surface area contributed by atoms with Crippen molar-refractivity contribution in [3.05, 3.63) is 52.9 Å². The Morgan fingerprint density at radius 1 is 1.22 bits per heavy atom. The number of hydrogen-bond acceptors (Lipinski definition) is 4. The van der Waals surface area contributed by atoms with Gasteiger partial charge in [-0.3, -0.25) is 9.89 Å². The molecule has 23 heavy (non-hydrogen) atoms. The molecule has 0 aliphatic heterocycles. The first-order valence-corrected chi connectivity index (χ1v) is 7.74. The Bertz CT molecular complexity index is 1040. The van der Waals surface area contributed by atoms with E-state index in [1.165, 1.54) is 35.6 Å². The maximum Gasteiger partial charge on any atom is 0.276 e. The van der Waals surface area contributed by atoms with Crippen molar-refractivity contribution in [2.75, 3.05) is 5.32 Å². The number of benzene rings is 2. The van der Waals surface area contributed by atoms with Crippen LogP contribution in [-0.4, -0.2) is 21.1 Å². The maximum atomic E-state index is 12.9. The van der Waals surface area contributed by atoms with Crippen LogP contribution in [0.15, 0.2) is 36.4 Å². The van der Waals surface area contributed by atoms with Crippen LogP contribution in [-0.2, 0) is 0 Å². The van der Waals surface area contributed by atoms with Gasteiger partial charge in [-0.25, -0.2) is 9.37 Å². The Morgan fingerprint density at radius 3 is 2.78 bits per heavy atom. The molecule has 4 rings (SSSR count). The Kier molecular flexibility index (Phi) is 3.09. The Morgan fingerprint density at radius 2 is 2.00 bits per heavy atom. The first kappa shape index (κ1) is 13.8. The summed E-state index contributed by atoms with van der Waals surface area (Å²) in [5.74, 6) is -0.698. The van der Waals surface area contributed by atoms with Crippen molar-refractivity contribution >= 4 is 44.1 Å². The van der Waals surface area contributed by atoms with E-state index < -0.39 is 0 Å². The summed E-state index contributed by atoms with van der Waals surface area (Å²) in [5, 5.41) is 11.4. The Hall–Kier alpha value is -2.80. The van der Waals surface area contributed by atoms with Gasteiger partial charge in [0.15, 0.2) is 5.69 Å². The summed E-state index contributed by atoms with van der Waals surface area (Å²) in [6.07, 6.45) is 0. The van der Waals surface area contributed by atoms with Gasteiger partial charge in [0.1, 0.15) is 5.82 Å². The van der Waals surface area contributed by atoms with Crippen molar-refractivity contribution in [2.45, 2.75) is 6.92 Å². The molecular formula is C16H11FN4OS. The molecule has 0 unspecified atom stereocenters. The smallest absolute Gasteiger partial charge is 0.276 e. The van der Waals surface area contributed by atoms with Crippen molar-refractivity contribution in [1.29, 1.82) is 0 Å². The number of nitrogens with one attached hydrogen (secondary N) is 2. The van der Waals surface area contributed by atoms with E-state index in [0.29, 0.717) is 11.4 Å². The fourth-order valence-corrected chi connectivity index (χ4v) is 3.46. The number of H-pyrrole nitrogens is 1. The summed E-state index contributed by atoms with van der Waals surface area (Å²) in [6.45, 7) is 1.93. The number of aromatic nitrogens is 3. The van der Waals surface area contributed by atoms with Crippen LogP contribution in [0.2, 0.25) is 0 Å². The molecule has 0 atom stereocenters. The zero-order chi connectivity index (χ0) is 16.0. The van der Waals surface area contributed by atoms with Gasteiger partial charge in [0.05, 0.1) is 26.1 Å². The van der Waals surface area contributed by atoms with Crippen LogP contribution in [0.3, 0.4) is 0 Å². The molecule has 7 heteroatoms. The molecule has 114 valence electrons. The molecule has 0 spiro atoms. The molecular weight excluding hydrogens is 315 g/mol. The molecule has 1 amide bonds. The number of thiazole rings is 1. The second-order valence-electron chi connectivity index (χ2n) is 5.10. The number of anilines is 1. The second kappa shape index (κ2) is 5.13. The largest absolute Gasteiger partial charge is 0.321 e. The number of amides is 1. The fourth-order valence-electron chi connectivity index (χ4n) is 2.49. The summed E-state index contributed by atoms with van der Waals surface area (Å²) in [7, 11) is 0. The first-order valence-electron chi connectivity index (χ1n) is 6.93. The van der Waals surface area contributed by atoms with Crippen LogP contribution >= 0.6 is 11.3 Å². The van der Waals surface area contributed by atoms with Crippen molar-refractivity contribution in [2.24, 2.45) is 0 Å². The van der Waals surface area contributed by atoms with E-state index in [-0.39, 0.29) is 11.7 Å². The predicted molar refractivity (Wildman–Crippen MR) is 88.4 cm³/mol. The maximum absolute atomic E-state index is 12.9. The zero-order valence-corrected chi connectivity index (χ0v) is 12.9. The van der Waals surface area contributed by atoms with Crippen molar-refractivity contribution in [3.63, 3.8) is 0 Å². The molecule has 0 radical (unpaired) electrons. The first-order chi connectivity index (χ1) is 11.1. The SMILES string of the molecule is Cc1nc2ccc3[nH]nc(C(=O)Nc4ccc(F)cc4)c3c2s1. The topological polar surface area (TPSA) is 70.7 Å². The lowest BCUT2D eigenvalue weighted by atomic mass is 10.2. The third-order valence-corrected chi connectivity index (χ3v) is 4.51. The normalized spacial score (nSPS) is 11.2. The molecule has 0 bridgehead atoms. The number of carbonyl (C=O) groups excluding carboxylic acids is 1. The number of aryl methyl sites for hydroxylation is 1. The van der Waals surface area contributed by atoms with Crippen LogP contribution in [0.5, 0.6) is 0 Å². The summed E-state index contributed by atoms with van der Waals surface area (Å²) in [5.41, 5.74) is 2.45. The third-order valence-electron chi connectivity index (χ3n) is 3.51. The van der Waals surface area contributed by atoms with Crippen molar-refractivity contribution in [1.82, 2.24) is 15.2 Å². The standard InChI is InChI=1S/C16H11FN4OS/c1-8-18-12-7-6-11-13(15(12)23-8)14(21-20-11)16(22)19-10-4-2-9(17)3-5-10/h2-7H,1H3,(H,19,22)(H,20,21). The monoisotopic (exact) mass is 326 g/mol. The lowest BCUT2D eigenvalue weighted by Crippen LogP contribution is -2.12. The number of hydrogen-bond donors (Lipinski definition) is 2. The number of fused-ring (bicyclic) bond motifs is 3. The zero-order valence-electron chi connectivity index (χ0n) is 12.1. The average Bonchev–Trinajstić information content (AvgIpc) is 3.11. The van der Waals surface area contributed by atoms with Gasteiger partial charge in [0, 0.05) is 5.69 Å². The van der Waals surface area contributed by atoms with Crippen LogP contribution in [0.1, 0.15) is 15.5 Å². The van der Waals surface area contributed by atoms with E-state index in [2.05, 4.69) is 20.5 Å². The van der Waals surface area contributed by atoms with E-state index in [1.807, 2.05) is 19.1 Å². The lowest BCUT2D eigenvalue weighted by molar-refractivity contribution is 0.102. The molecule has 5 nitrogen and oxygen atoms in total. The van der Waals surface area contributed by atoms with Gasteiger partial charge in [0.2, 0.25) is 0 Å². The van der Waals surface area contributed by atoms with Gasteiger partial charge in [-0.1, -0.05) is 0 Å². The molecule has 0 saturated carbocycles. The molecule has 2 N–H and O–H groups in total. The molecule has 0 aliphatic rings. The second-order valence-corrected chi connectivity index (χ2v) is 6.31. The number of rotatable bonds is 2. The predicted octanol–water partition coefficient (Wildman–Crippen LogP) is 3.87. The molecule has 2 aromatic carbocycles. The van der Waals surface area contributed by atoms with E-state index in [4.69, 9.17) is 0 Å². The van der Waals surface area contributed by atoms with Gasteiger partial charge in [0.25, 0.3) is 5.91 Å². The third kappa shape index (κ3) is 2.35. The summed E-state index contributed by atoms with van der Waals surface area (Å²) < 4.78 is 13.9. The van der Waals surface area contributed by atoms with E-state index in [0.717, 1.165) is 26.1 Å². The molecule has 2 aromatic heterocycles. The summed E-state index contributed by atoms with van der Waals surface area (Å²) in [4.78, 5) is 17.0. The van der Waals surface area contributed by atoms with Crippen LogP contribution in [0.4, 0.5) is 10.1 Å². The number of halogens is 1. The van der Waals surface area contributed by atoms with Gasteiger partial charge in [-0.15, -0.1) is 11.3 Å². The minimum atomic E-state index is -0.352. The molecule has 0 fully saturated rings. The highest BCUT2D eigenvalue weighted by Crippen LogP contribution is 2.31. The van der Waals surface area contributed by atoms with Gasteiger partial charge < -0.3 is 5.32 Å². The highest BCUT2D eigenvalue weighted by Gasteiger charge is 2.18. The fraction of sp³-hybridized carbons (Fsp3) is 0.0625. The van der Waals surface area contributed by atoms with Gasteiger partial charge in [-0.05, 0) is 43.3 Å².